The van der Waals surface area contributed by atoms with Gasteiger partial charge in [-0.1, -0.05) is 12.1 Å². The molecule has 0 heterocycles. The molecule has 7 nitrogen and oxygen atoms in total. The van der Waals surface area contributed by atoms with Crippen molar-refractivity contribution < 1.29 is 53.2 Å². The largest absolute Gasteiger partial charge is 0.497 e. The van der Waals surface area contributed by atoms with Crippen molar-refractivity contribution in [3.63, 3.8) is 0 Å². The summed E-state index contributed by atoms with van der Waals surface area (Å²) < 4.78 is 137. The maximum absolute atomic E-state index is 14.9. The molecular formula is C21H16F6N2O5S. The molecule has 35 heavy (non-hydrogen) atoms. The van der Waals surface area contributed by atoms with Gasteiger partial charge >= 0.3 is 0 Å². The summed E-state index contributed by atoms with van der Waals surface area (Å²) in [7, 11) is -7.20. The van der Waals surface area contributed by atoms with Crippen LogP contribution in [0.3, 0.4) is 0 Å². The molecular weight excluding hydrogens is 506 g/mol. The van der Waals surface area contributed by atoms with E-state index in [9.17, 15) is 44.3 Å². The summed E-state index contributed by atoms with van der Waals surface area (Å²) in [6.07, 6.45) is -2.30. The van der Waals surface area contributed by atoms with E-state index >= 15 is 0 Å². The summed E-state index contributed by atoms with van der Waals surface area (Å²) >= 11 is 0. The van der Waals surface area contributed by atoms with Crippen LogP contribution in [0.4, 0.5) is 32.0 Å². The van der Waals surface area contributed by atoms with Crippen molar-refractivity contribution in [1.29, 1.82) is 0 Å². The molecule has 2 aromatic rings. The summed E-state index contributed by atoms with van der Waals surface area (Å²) in [4.78, 5) is 24.7. The van der Waals surface area contributed by atoms with Crippen molar-refractivity contribution >= 4 is 27.5 Å². The average molecular weight is 525 g/mol. The molecule has 0 unspecified atom stereocenters. The number of benzene rings is 2. The first-order valence-corrected chi connectivity index (χ1v) is 11.3. The number of hydrogen-bond donors (Lipinski definition) is 2. The fourth-order valence-electron chi connectivity index (χ4n) is 3.36. The van der Waals surface area contributed by atoms with Gasteiger partial charge in [-0.2, -0.15) is 0 Å². The normalized spacial score (nSPS) is 16.8. The van der Waals surface area contributed by atoms with Gasteiger partial charge in [-0.15, -0.1) is 0 Å². The van der Waals surface area contributed by atoms with Crippen molar-refractivity contribution in [1.82, 2.24) is 4.72 Å². The highest BCUT2D eigenvalue weighted by atomic mass is 32.2. The number of nitrogens with one attached hydrogen (secondary N) is 2. The van der Waals surface area contributed by atoms with E-state index in [-0.39, 0.29) is 0 Å². The molecule has 3 rings (SSSR count). The summed E-state index contributed by atoms with van der Waals surface area (Å²) in [5, 5.41) is 1.42. The van der Waals surface area contributed by atoms with E-state index in [4.69, 9.17) is 4.11 Å². The average Bonchev–Trinajstić information content (AvgIpc) is 3.09. The SMILES string of the molecule is [2H]C([2H])([2H])Oc1cccc(-c2c(F)c(F)c(NC(=O)C3=C(C(=O)NS(C)(=O)=O)CC(F)(F)C3)c(F)c2F)c1. The topological polar surface area (TPSA) is 102 Å². The minimum Gasteiger partial charge on any atom is -0.497 e. The molecule has 0 aliphatic heterocycles. The van der Waals surface area contributed by atoms with Crippen molar-refractivity contribution in [3.05, 3.63) is 58.7 Å². The Labute approximate surface area is 199 Å². The second kappa shape index (κ2) is 9.24. The first kappa shape index (κ1) is 21.9. The zero-order valence-electron chi connectivity index (χ0n) is 20.4. The Hall–Kier alpha value is -3.55. The zero-order valence-corrected chi connectivity index (χ0v) is 18.3. The van der Waals surface area contributed by atoms with Crippen LogP contribution >= 0.6 is 0 Å². The van der Waals surface area contributed by atoms with E-state index in [2.05, 4.69) is 4.74 Å². The summed E-state index contributed by atoms with van der Waals surface area (Å²) in [5.74, 6) is -15.8. The number of carbonyl (C=O) groups is 2. The molecule has 0 atom stereocenters. The van der Waals surface area contributed by atoms with E-state index in [0.717, 1.165) is 24.3 Å². The lowest BCUT2D eigenvalue weighted by molar-refractivity contribution is -0.117. The molecule has 14 heteroatoms. The van der Waals surface area contributed by atoms with Crippen LogP contribution < -0.4 is 14.8 Å². The zero-order chi connectivity index (χ0) is 28.8. The van der Waals surface area contributed by atoms with Crippen LogP contribution in [0.1, 0.15) is 17.0 Å². The van der Waals surface area contributed by atoms with Gasteiger partial charge in [-0.3, -0.25) is 9.59 Å². The number of sulfonamides is 1. The van der Waals surface area contributed by atoms with Crippen LogP contribution in [0.2, 0.25) is 0 Å². The third kappa shape index (κ3) is 5.42. The van der Waals surface area contributed by atoms with Crippen molar-refractivity contribution in [2.24, 2.45) is 0 Å². The third-order valence-electron chi connectivity index (χ3n) is 4.80. The predicted octanol–water partition coefficient (Wildman–Crippen LogP) is 3.66. The Morgan fingerprint density at radius 1 is 1.00 bits per heavy atom. The van der Waals surface area contributed by atoms with Crippen LogP contribution in [0.25, 0.3) is 11.1 Å². The number of methoxy groups -OCH3 is 1. The standard InChI is InChI=1S/C21H16F6N2O5S/c1-34-10-5-3-4-9(6-10)13-14(22)16(24)18(17(25)15(13)23)28-19(30)11-7-21(26,27)8-12(11)20(31)29-35(2,32)33/h3-6H,7-8H2,1-2H3,(H,28,30)(H,29,31)/i1D3. The van der Waals surface area contributed by atoms with Gasteiger partial charge in [-0.25, -0.2) is 39.5 Å². The molecule has 0 radical (unpaired) electrons. The van der Waals surface area contributed by atoms with E-state index in [1.54, 1.807) is 0 Å². The maximum Gasteiger partial charge on any atom is 0.261 e. The lowest BCUT2D eigenvalue weighted by Gasteiger charge is -2.14. The Morgan fingerprint density at radius 2 is 1.57 bits per heavy atom. The van der Waals surface area contributed by atoms with E-state index in [0.29, 0.717) is 6.26 Å². The van der Waals surface area contributed by atoms with Crippen molar-refractivity contribution in [2.45, 2.75) is 18.8 Å². The Kier molecular flexibility index (Phi) is 5.80. The summed E-state index contributed by atoms with van der Waals surface area (Å²) in [6, 6.07) is 3.93. The number of carbonyl (C=O) groups excluding carboxylic acids is 2. The Bertz CT molecular complexity index is 1450. The minimum atomic E-state index is -4.24. The van der Waals surface area contributed by atoms with Crippen molar-refractivity contribution in [3.8, 4) is 16.9 Å². The van der Waals surface area contributed by atoms with Gasteiger partial charge < -0.3 is 10.1 Å². The van der Waals surface area contributed by atoms with E-state index in [1.165, 1.54) is 10.0 Å². The summed E-state index contributed by atoms with van der Waals surface area (Å²) in [6.45, 7) is 0. The number of ether oxygens (including phenoxy) is 1. The number of rotatable bonds is 6. The molecule has 0 fully saturated rings. The molecule has 0 aromatic heterocycles. The number of anilines is 1. The molecule has 1 aliphatic carbocycles. The van der Waals surface area contributed by atoms with Gasteiger partial charge in [0.2, 0.25) is 10.0 Å². The lowest BCUT2D eigenvalue weighted by atomic mass is 10.0. The highest BCUT2D eigenvalue weighted by Gasteiger charge is 2.44. The third-order valence-corrected chi connectivity index (χ3v) is 5.36. The molecule has 1 aliphatic rings. The van der Waals surface area contributed by atoms with Crippen LogP contribution in [0.5, 0.6) is 5.75 Å². The first-order valence-electron chi connectivity index (χ1n) is 10.9. The number of amides is 2. The monoisotopic (exact) mass is 525 g/mol. The lowest BCUT2D eigenvalue weighted by Crippen LogP contribution is -2.32. The van der Waals surface area contributed by atoms with Gasteiger partial charge in [0.1, 0.15) is 11.4 Å². The fourth-order valence-corrected chi connectivity index (χ4v) is 3.82. The molecule has 0 saturated heterocycles. The molecule has 2 amide bonds. The van der Waals surface area contributed by atoms with E-state index < -0.39 is 105 Å². The molecule has 0 bridgehead atoms. The summed E-state index contributed by atoms with van der Waals surface area (Å²) in [5.41, 5.74) is -5.63. The van der Waals surface area contributed by atoms with Crippen LogP contribution in [0, 0.1) is 23.3 Å². The molecule has 0 spiro atoms. The minimum absolute atomic E-state index is 0.423. The quantitative estimate of drug-likeness (QED) is 0.443. The molecule has 2 N–H and O–H groups in total. The molecule has 2 aromatic carbocycles. The Morgan fingerprint density at radius 3 is 2.11 bits per heavy atom. The van der Waals surface area contributed by atoms with Crippen molar-refractivity contribution in [2.75, 3.05) is 18.6 Å². The van der Waals surface area contributed by atoms with Gasteiger partial charge in [0.25, 0.3) is 17.7 Å². The van der Waals surface area contributed by atoms with Gasteiger partial charge in [0, 0.05) is 24.0 Å². The number of hydrogen-bond acceptors (Lipinski definition) is 5. The smallest absolute Gasteiger partial charge is 0.261 e. The van der Waals surface area contributed by atoms with Crippen LogP contribution in [-0.2, 0) is 19.6 Å². The second-order valence-corrected chi connectivity index (χ2v) is 9.21. The second-order valence-electron chi connectivity index (χ2n) is 7.46. The Balaban J connectivity index is 2.03. The van der Waals surface area contributed by atoms with Gasteiger partial charge in [0.05, 0.1) is 23.0 Å². The highest BCUT2D eigenvalue weighted by molar-refractivity contribution is 7.89. The van der Waals surface area contributed by atoms with Gasteiger partial charge in [0.15, 0.2) is 23.3 Å². The first-order chi connectivity index (χ1) is 17.3. The van der Waals surface area contributed by atoms with Crippen LogP contribution in [-0.4, -0.2) is 39.4 Å². The predicted molar refractivity (Wildman–Crippen MR) is 111 cm³/mol. The number of halogens is 6. The fraction of sp³-hybridized carbons (Fsp3) is 0.238. The molecule has 0 saturated carbocycles. The highest BCUT2D eigenvalue weighted by Crippen LogP contribution is 2.41. The maximum atomic E-state index is 14.9. The van der Waals surface area contributed by atoms with Crippen LogP contribution in [0.15, 0.2) is 35.4 Å². The van der Waals surface area contributed by atoms with Gasteiger partial charge in [-0.05, 0) is 17.7 Å². The van der Waals surface area contributed by atoms with E-state index in [1.807, 2.05) is 0 Å². The number of alkyl halides is 2. The molecule has 188 valence electrons.